The summed E-state index contributed by atoms with van der Waals surface area (Å²) in [4.78, 5) is 32.3. The van der Waals surface area contributed by atoms with Gasteiger partial charge in [-0.25, -0.2) is 0 Å². The van der Waals surface area contributed by atoms with Crippen molar-refractivity contribution >= 4 is 28.8 Å². The van der Waals surface area contributed by atoms with Crippen LogP contribution in [0.5, 0.6) is 0 Å². The van der Waals surface area contributed by atoms with Crippen LogP contribution in [-0.2, 0) is 23.2 Å². The Labute approximate surface area is 156 Å². The van der Waals surface area contributed by atoms with Crippen LogP contribution in [0.1, 0.15) is 18.2 Å². The summed E-state index contributed by atoms with van der Waals surface area (Å²) in [5.74, 6) is -0.0716. The number of carbonyl (C=O) groups is 2. The average Bonchev–Trinajstić information content (AvgIpc) is 3.33. The molecule has 0 aliphatic carbocycles. The maximum atomic E-state index is 12.7. The molecule has 26 heavy (non-hydrogen) atoms. The van der Waals surface area contributed by atoms with E-state index in [1.165, 1.54) is 4.88 Å². The number of likely N-dealkylation sites (tertiary alicyclic amines) is 1. The fraction of sp³-hybridized carbons (Fsp3) is 0.500. The zero-order valence-corrected chi connectivity index (χ0v) is 15.9. The Kier molecular flexibility index (Phi) is 4.32. The van der Waals surface area contributed by atoms with Gasteiger partial charge in [-0.2, -0.15) is 5.10 Å². The van der Waals surface area contributed by atoms with Crippen molar-refractivity contribution < 1.29 is 9.59 Å². The second-order valence-corrected chi connectivity index (χ2v) is 8.25. The Balaban J connectivity index is 1.58. The van der Waals surface area contributed by atoms with E-state index in [0.29, 0.717) is 6.54 Å². The van der Waals surface area contributed by atoms with Crippen molar-refractivity contribution in [3.05, 3.63) is 34.8 Å². The summed E-state index contributed by atoms with van der Waals surface area (Å²) in [6, 6.07) is 4.21. The number of anilines is 1. The molecule has 2 aliphatic rings. The van der Waals surface area contributed by atoms with E-state index in [1.807, 2.05) is 13.2 Å². The smallest absolute Gasteiger partial charge is 0.246 e. The molecule has 4 rings (SSSR count). The zero-order chi connectivity index (χ0) is 18.3. The molecule has 2 aromatic rings. The summed E-state index contributed by atoms with van der Waals surface area (Å²) in [6.07, 6.45) is 4.45. The lowest BCUT2D eigenvalue weighted by Crippen LogP contribution is -2.66. The molecular formula is C18H23N5O2S. The van der Waals surface area contributed by atoms with Crippen LogP contribution in [0, 0.1) is 0 Å². The molecule has 0 aromatic carbocycles. The maximum Gasteiger partial charge on any atom is 0.246 e. The van der Waals surface area contributed by atoms with E-state index in [0.717, 1.165) is 31.7 Å². The second-order valence-electron chi connectivity index (χ2n) is 7.22. The molecule has 0 N–H and O–H groups in total. The van der Waals surface area contributed by atoms with E-state index >= 15 is 0 Å². The quantitative estimate of drug-likeness (QED) is 0.814. The highest BCUT2D eigenvalue weighted by atomic mass is 32.1. The number of nitrogens with zero attached hydrogens (tertiary/aromatic N) is 5. The lowest BCUT2D eigenvalue weighted by molar-refractivity contribution is -0.142. The van der Waals surface area contributed by atoms with Gasteiger partial charge in [0, 0.05) is 44.7 Å². The average molecular weight is 373 g/mol. The molecule has 2 aliphatic heterocycles. The van der Waals surface area contributed by atoms with E-state index in [2.05, 4.69) is 27.5 Å². The van der Waals surface area contributed by atoms with Crippen LogP contribution in [0.2, 0.25) is 0 Å². The number of amides is 2. The highest BCUT2D eigenvalue weighted by molar-refractivity contribution is 7.09. The van der Waals surface area contributed by atoms with Gasteiger partial charge in [-0.05, 0) is 17.9 Å². The van der Waals surface area contributed by atoms with Crippen molar-refractivity contribution in [3.63, 3.8) is 0 Å². The second kappa shape index (κ2) is 6.51. The number of hydrogen-bond acceptors (Lipinski definition) is 5. The Morgan fingerprint density at radius 2 is 2.23 bits per heavy atom. The van der Waals surface area contributed by atoms with Crippen LogP contribution in [-0.4, -0.2) is 63.1 Å². The molecule has 8 heteroatoms. The Bertz CT molecular complexity index is 817. The Hall–Kier alpha value is -2.19. The first-order valence-corrected chi connectivity index (χ1v) is 9.67. The van der Waals surface area contributed by atoms with Crippen molar-refractivity contribution in [2.24, 2.45) is 7.05 Å². The van der Waals surface area contributed by atoms with Gasteiger partial charge in [-0.1, -0.05) is 6.07 Å². The van der Waals surface area contributed by atoms with E-state index in [4.69, 9.17) is 0 Å². The Morgan fingerprint density at radius 3 is 2.88 bits per heavy atom. The number of aromatic nitrogens is 2. The molecule has 2 aromatic heterocycles. The van der Waals surface area contributed by atoms with Gasteiger partial charge in [0.25, 0.3) is 0 Å². The number of hydrogen-bond donors (Lipinski definition) is 0. The molecule has 1 unspecified atom stereocenters. The predicted octanol–water partition coefficient (Wildman–Crippen LogP) is 1.32. The van der Waals surface area contributed by atoms with Crippen LogP contribution in [0.3, 0.4) is 0 Å². The largest absolute Gasteiger partial charge is 0.325 e. The van der Waals surface area contributed by atoms with E-state index < -0.39 is 0 Å². The van der Waals surface area contributed by atoms with Gasteiger partial charge in [0.05, 0.1) is 24.0 Å². The molecule has 4 heterocycles. The number of aryl methyl sites for hydroxylation is 1. The minimum Gasteiger partial charge on any atom is -0.325 e. The van der Waals surface area contributed by atoms with Crippen molar-refractivity contribution in [1.29, 1.82) is 0 Å². The fourth-order valence-corrected chi connectivity index (χ4v) is 4.88. The topological polar surface area (TPSA) is 61.7 Å². The zero-order valence-electron chi connectivity index (χ0n) is 15.1. The van der Waals surface area contributed by atoms with Gasteiger partial charge in [0.2, 0.25) is 11.8 Å². The van der Waals surface area contributed by atoms with Gasteiger partial charge in [-0.15, -0.1) is 11.3 Å². The summed E-state index contributed by atoms with van der Waals surface area (Å²) in [6.45, 7) is 4.84. The third kappa shape index (κ3) is 3.03. The third-order valence-corrected chi connectivity index (χ3v) is 6.23. The van der Waals surface area contributed by atoms with Gasteiger partial charge < -0.3 is 9.80 Å². The molecule has 0 saturated carbocycles. The fourth-order valence-electron chi connectivity index (χ4n) is 4.13. The van der Waals surface area contributed by atoms with Crippen molar-refractivity contribution in [3.8, 4) is 0 Å². The summed E-state index contributed by atoms with van der Waals surface area (Å²) >= 11 is 1.75. The summed E-state index contributed by atoms with van der Waals surface area (Å²) < 4.78 is 1.70. The SMILES string of the molecule is CC(=O)N1CC(=O)N(c2cnn(C)c2)CC12CCN(Cc1cccs1)C2. The molecule has 2 saturated heterocycles. The summed E-state index contributed by atoms with van der Waals surface area (Å²) in [7, 11) is 1.84. The lowest BCUT2D eigenvalue weighted by Gasteiger charge is -2.48. The molecule has 0 bridgehead atoms. The van der Waals surface area contributed by atoms with Crippen LogP contribution >= 0.6 is 11.3 Å². The standard InChI is InChI=1S/C18H23N5O2S/c1-14(24)23-11-17(25)22(15-8-19-20(2)9-15)13-18(23)5-6-21(12-18)10-16-4-3-7-26-16/h3-4,7-9H,5-6,10-13H2,1-2H3. The van der Waals surface area contributed by atoms with Crippen molar-refractivity contribution in [2.45, 2.75) is 25.4 Å². The number of thiophene rings is 1. The highest BCUT2D eigenvalue weighted by Crippen LogP contribution is 2.35. The molecule has 1 atom stereocenters. The van der Waals surface area contributed by atoms with Crippen molar-refractivity contribution in [2.75, 3.05) is 31.1 Å². The lowest BCUT2D eigenvalue weighted by atomic mass is 9.92. The minimum absolute atomic E-state index is 0.0258. The maximum absolute atomic E-state index is 12.7. The monoisotopic (exact) mass is 373 g/mol. The molecule has 2 amide bonds. The first-order valence-electron chi connectivity index (χ1n) is 8.79. The molecule has 7 nitrogen and oxygen atoms in total. The molecule has 2 fully saturated rings. The normalized spacial score (nSPS) is 24.0. The Morgan fingerprint density at radius 1 is 1.38 bits per heavy atom. The highest BCUT2D eigenvalue weighted by Gasteiger charge is 2.50. The van der Waals surface area contributed by atoms with Crippen LogP contribution in [0.15, 0.2) is 29.9 Å². The predicted molar refractivity (Wildman–Crippen MR) is 99.9 cm³/mol. The van der Waals surface area contributed by atoms with E-state index in [-0.39, 0.29) is 23.9 Å². The van der Waals surface area contributed by atoms with Gasteiger partial charge in [0.1, 0.15) is 6.54 Å². The number of piperazine rings is 1. The van der Waals surface area contributed by atoms with Gasteiger partial charge in [0.15, 0.2) is 0 Å². The van der Waals surface area contributed by atoms with Crippen LogP contribution in [0.4, 0.5) is 5.69 Å². The van der Waals surface area contributed by atoms with Gasteiger partial charge in [-0.3, -0.25) is 19.2 Å². The first kappa shape index (κ1) is 17.2. The minimum atomic E-state index is -0.327. The first-order chi connectivity index (χ1) is 12.5. The number of rotatable bonds is 3. The van der Waals surface area contributed by atoms with Gasteiger partial charge >= 0.3 is 0 Å². The molecule has 138 valence electrons. The van der Waals surface area contributed by atoms with Crippen LogP contribution < -0.4 is 4.90 Å². The summed E-state index contributed by atoms with van der Waals surface area (Å²) in [5, 5.41) is 6.28. The molecule has 0 radical (unpaired) electrons. The molecule has 1 spiro atoms. The van der Waals surface area contributed by atoms with E-state index in [9.17, 15) is 9.59 Å². The number of carbonyl (C=O) groups excluding carboxylic acids is 2. The summed E-state index contributed by atoms with van der Waals surface area (Å²) in [5.41, 5.74) is 0.476. The molecular weight excluding hydrogens is 350 g/mol. The third-order valence-electron chi connectivity index (χ3n) is 5.37. The van der Waals surface area contributed by atoms with Crippen LogP contribution in [0.25, 0.3) is 0 Å². The van der Waals surface area contributed by atoms with Crippen molar-refractivity contribution in [1.82, 2.24) is 19.6 Å². The van der Waals surface area contributed by atoms with E-state index in [1.54, 1.807) is 38.9 Å².